The summed E-state index contributed by atoms with van der Waals surface area (Å²) in [6, 6.07) is 7.48. The number of aryl methyl sites for hydroxylation is 2. The van der Waals surface area contributed by atoms with E-state index in [9.17, 15) is 4.79 Å². The van der Waals surface area contributed by atoms with Crippen molar-refractivity contribution in [3.8, 4) is 10.8 Å². The summed E-state index contributed by atoms with van der Waals surface area (Å²) in [6.45, 7) is 4.03. The molecule has 0 radical (unpaired) electrons. The SMILES string of the molecule is Cc1ccc(C(=O)C=Cc2csc(-c3ncccn3)n2)cc1C. The molecule has 0 aliphatic carbocycles. The molecule has 114 valence electrons. The number of carbonyl (C=O) groups excluding carboxylic acids is 1. The maximum atomic E-state index is 12.2. The molecule has 0 amide bonds. The lowest BCUT2D eigenvalue weighted by Gasteiger charge is -2.01. The number of rotatable bonds is 4. The zero-order valence-corrected chi connectivity index (χ0v) is 13.7. The van der Waals surface area contributed by atoms with Gasteiger partial charge in [0, 0.05) is 23.3 Å². The van der Waals surface area contributed by atoms with Crippen LogP contribution in [-0.4, -0.2) is 20.7 Å². The Hall–Kier alpha value is -2.66. The van der Waals surface area contributed by atoms with Crippen LogP contribution in [0.5, 0.6) is 0 Å². The molecule has 0 saturated carbocycles. The van der Waals surface area contributed by atoms with Gasteiger partial charge in [-0.2, -0.15) is 0 Å². The monoisotopic (exact) mass is 321 g/mol. The molecule has 4 nitrogen and oxygen atoms in total. The summed E-state index contributed by atoms with van der Waals surface area (Å²) in [5.41, 5.74) is 3.71. The van der Waals surface area contributed by atoms with Crippen LogP contribution in [0, 0.1) is 13.8 Å². The van der Waals surface area contributed by atoms with E-state index >= 15 is 0 Å². The van der Waals surface area contributed by atoms with E-state index < -0.39 is 0 Å². The van der Waals surface area contributed by atoms with E-state index in [0.29, 0.717) is 11.4 Å². The first kappa shape index (κ1) is 15.2. The molecule has 0 aliphatic heterocycles. The third-order valence-electron chi connectivity index (χ3n) is 3.48. The Labute approximate surface area is 138 Å². The summed E-state index contributed by atoms with van der Waals surface area (Å²) < 4.78 is 0. The topological polar surface area (TPSA) is 55.7 Å². The molecule has 5 heteroatoms. The van der Waals surface area contributed by atoms with Gasteiger partial charge in [-0.15, -0.1) is 11.3 Å². The molecule has 0 unspecified atom stereocenters. The van der Waals surface area contributed by atoms with Crippen LogP contribution in [0.2, 0.25) is 0 Å². The molecule has 0 bridgehead atoms. The second-order valence-corrected chi connectivity index (χ2v) is 6.00. The Balaban J connectivity index is 1.76. The highest BCUT2D eigenvalue weighted by atomic mass is 32.1. The predicted octanol–water partition coefficient (Wildman–Crippen LogP) is 4.11. The van der Waals surface area contributed by atoms with Crippen LogP contribution in [0.3, 0.4) is 0 Å². The maximum Gasteiger partial charge on any atom is 0.188 e. The molecule has 0 aliphatic rings. The van der Waals surface area contributed by atoms with Gasteiger partial charge in [-0.05, 0) is 49.3 Å². The third-order valence-corrected chi connectivity index (χ3v) is 4.33. The summed E-state index contributed by atoms with van der Waals surface area (Å²) in [5, 5.41) is 2.62. The van der Waals surface area contributed by atoms with E-state index in [2.05, 4.69) is 15.0 Å². The summed E-state index contributed by atoms with van der Waals surface area (Å²) >= 11 is 1.46. The lowest BCUT2D eigenvalue weighted by atomic mass is 10.0. The minimum atomic E-state index is -0.0291. The normalized spacial score (nSPS) is 11.0. The Bertz CT molecular complexity index is 869. The number of aromatic nitrogens is 3. The van der Waals surface area contributed by atoms with Crippen molar-refractivity contribution in [3.63, 3.8) is 0 Å². The Morgan fingerprint density at radius 2 is 1.91 bits per heavy atom. The van der Waals surface area contributed by atoms with Crippen LogP contribution in [0.15, 0.2) is 48.1 Å². The van der Waals surface area contributed by atoms with Crippen molar-refractivity contribution in [1.29, 1.82) is 0 Å². The highest BCUT2D eigenvalue weighted by Gasteiger charge is 2.06. The Kier molecular flexibility index (Phi) is 4.39. The molecule has 3 rings (SSSR count). The van der Waals surface area contributed by atoms with Crippen molar-refractivity contribution >= 4 is 23.2 Å². The average Bonchev–Trinajstić information content (AvgIpc) is 3.05. The van der Waals surface area contributed by atoms with E-state index in [4.69, 9.17) is 0 Å². The van der Waals surface area contributed by atoms with Crippen molar-refractivity contribution < 1.29 is 4.79 Å². The minimum Gasteiger partial charge on any atom is -0.289 e. The van der Waals surface area contributed by atoms with Gasteiger partial charge in [0.1, 0.15) is 0 Å². The molecule has 0 atom stereocenters. The molecule has 0 saturated heterocycles. The summed E-state index contributed by atoms with van der Waals surface area (Å²) in [4.78, 5) is 25.0. The fourth-order valence-electron chi connectivity index (χ4n) is 2.03. The van der Waals surface area contributed by atoms with Crippen LogP contribution in [0.25, 0.3) is 16.9 Å². The molecule has 3 aromatic rings. The fraction of sp³-hybridized carbons (Fsp3) is 0.111. The average molecular weight is 321 g/mol. The van der Waals surface area contributed by atoms with Gasteiger partial charge in [-0.1, -0.05) is 12.1 Å². The van der Waals surface area contributed by atoms with Gasteiger partial charge in [0.2, 0.25) is 0 Å². The second-order valence-electron chi connectivity index (χ2n) is 5.15. The Morgan fingerprint density at radius 3 is 2.65 bits per heavy atom. The number of ketones is 1. The predicted molar refractivity (Wildman–Crippen MR) is 92.4 cm³/mol. The van der Waals surface area contributed by atoms with Gasteiger partial charge in [-0.3, -0.25) is 4.79 Å². The van der Waals surface area contributed by atoms with Crippen LogP contribution in [0.4, 0.5) is 0 Å². The molecule has 0 N–H and O–H groups in total. The zero-order valence-electron chi connectivity index (χ0n) is 12.9. The van der Waals surface area contributed by atoms with Gasteiger partial charge in [-0.25, -0.2) is 15.0 Å². The summed E-state index contributed by atoms with van der Waals surface area (Å²) in [7, 11) is 0. The first-order chi connectivity index (χ1) is 11.1. The molecule has 2 heterocycles. The number of hydrogen-bond donors (Lipinski definition) is 0. The molecule has 2 aromatic heterocycles. The van der Waals surface area contributed by atoms with E-state index in [-0.39, 0.29) is 5.78 Å². The molecular formula is C18H15N3OS. The summed E-state index contributed by atoms with van der Waals surface area (Å²) in [6.07, 6.45) is 6.64. The van der Waals surface area contributed by atoms with Crippen molar-refractivity contribution in [2.45, 2.75) is 13.8 Å². The van der Waals surface area contributed by atoms with E-state index in [1.807, 2.05) is 37.4 Å². The number of nitrogens with zero attached hydrogens (tertiary/aromatic N) is 3. The first-order valence-corrected chi connectivity index (χ1v) is 8.04. The smallest absolute Gasteiger partial charge is 0.188 e. The highest BCUT2D eigenvalue weighted by Crippen LogP contribution is 2.20. The minimum absolute atomic E-state index is 0.0291. The number of hydrogen-bond acceptors (Lipinski definition) is 5. The highest BCUT2D eigenvalue weighted by molar-refractivity contribution is 7.13. The largest absolute Gasteiger partial charge is 0.289 e. The lowest BCUT2D eigenvalue weighted by Crippen LogP contribution is -1.95. The van der Waals surface area contributed by atoms with Crippen molar-refractivity contribution in [2.75, 3.05) is 0 Å². The van der Waals surface area contributed by atoms with Gasteiger partial charge in [0.15, 0.2) is 16.6 Å². The first-order valence-electron chi connectivity index (χ1n) is 7.16. The zero-order chi connectivity index (χ0) is 16.2. The van der Waals surface area contributed by atoms with Crippen LogP contribution in [-0.2, 0) is 0 Å². The second kappa shape index (κ2) is 6.62. The van der Waals surface area contributed by atoms with Crippen LogP contribution >= 0.6 is 11.3 Å². The maximum absolute atomic E-state index is 12.2. The number of benzene rings is 1. The van der Waals surface area contributed by atoms with Crippen LogP contribution in [0.1, 0.15) is 27.2 Å². The molecule has 23 heavy (non-hydrogen) atoms. The van der Waals surface area contributed by atoms with Crippen molar-refractivity contribution in [2.24, 2.45) is 0 Å². The third kappa shape index (κ3) is 3.57. The van der Waals surface area contributed by atoms with Crippen LogP contribution < -0.4 is 0 Å². The number of thiazole rings is 1. The van der Waals surface area contributed by atoms with Gasteiger partial charge in [0.25, 0.3) is 0 Å². The summed E-state index contributed by atoms with van der Waals surface area (Å²) in [5.74, 6) is 0.566. The number of allylic oxidation sites excluding steroid dienone is 1. The molecule has 0 spiro atoms. The van der Waals surface area contributed by atoms with Crippen molar-refractivity contribution in [3.05, 3.63) is 70.5 Å². The number of carbonyl (C=O) groups is 1. The molecule has 0 fully saturated rings. The van der Waals surface area contributed by atoms with E-state index in [1.54, 1.807) is 30.6 Å². The van der Waals surface area contributed by atoms with E-state index in [1.165, 1.54) is 16.9 Å². The van der Waals surface area contributed by atoms with Gasteiger partial charge >= 0.3 is 0 Å². The standard InChI is InChI=1S/C18H15N3OS/c1-12-4-5-14(10-13(12)2)16(22)7-6-15-11-23-18(21-15)17-19-8-3-9-20-17/h3-11H,1-2H3. The molecular weight excluding hydrogens is 306 g/mol. The fourth-order valence-corrected chi connectivity index (χ4v) is 2.76. The van der Waals surface area contributed by atoms with E-state index in [0.717, 1.165) is 16.3 Å². The lowest BCUT2D eigenvalue weighted by molar-refractivity contribution is 0.104. The quantitative estimate of drug-likeness (QED) is 0.536. The Morgan fingerprint density at radius 1 is 1.13 bits per heavy atom. The van der Waals surface area contributed by atoms with Crippen molar-refractivity contribution in [1.82, 2.24) is 15.0 Å². The van der Waals surface area contributed by atoms with Gasteiger partial charge < -0.3 is 0 Å². The van der Waals surface area contributed by atoms with Gasteiger partial charge in [0.05, 0.1) is 5.69 Å². The molecule has 1 aromatic carbocycles.